The summed E-state index contributed by atoms with van der Waals surface area (Å²) >= 11 is 3.68. The van der Waals surface area contributed by atoms with Crippen LogP contribution in [0.5, 0.6) is 0 Å². The summed E-state index contributed by atoms with van der Waals surface area (Å²) in [6.45, 7) is 39.1. The summed E-state index contributed by atoms with van der Waals surface area (Å²) in [6.07, 6.45) is 0. The molecule has 0 bridgehead atoms. The molecule has 4 rings (SSSR count). The summed E-state index contributed by atoms with van der Waals surface area (Å²) in [5, 5.41) is 4.82. The van der Waals surface area contributed by atoms with Crippen molar-refractivity contribution in [1.82, 2.24) is 4.34 Å². The van der Waals surface area contributed by atoms with Crippen LogP contribution in [0, 0.1) is 0 Å². The van der Waals surface area contributed by atoms with Gasteiger partial charge < -0.3 is 0 Å². The molecule has 2 nitrogen and oxygen atoms in total. The van der Waals surface area contributed by atoms with E-state index in [1.165, 1.54) is 12.1 Å². The van der Waals surface area contributed by atoms with E-state index in [2.05, 4.69) is 206 Å². The van der Waals surface area contributed by atoms with E-state index in [-0.39, 0.29) is 30.5 Å². The summed E-state index contributed by atoms with van der Waals surface area (Å²) < 4.78 is 6.60. The van der Waals surface area contributed by atoms with Gasteiger partial charge in [-0.3, -0.25) is 0 Å². The Kier molecular flexibility index (Phi) is 17.2. The van der Waals surface area contributed by atoms with Crippen molar-refractivity contribution in [2.24, 2.45) is 0 Å². The van der Waals surface area contributed by atoms with Gasteiger partial charge in [0.15, 0.2) is 0 Å². The second-order valence-electron chi connectivity index (χ2n) is 17.4. The normalized spacial score (nSPS) is 16.1. The third kappa shape index (κ3) is 10.9. The van der Waals surface area contributed by atoms with Gasteiger partial charge in [0.2, 0.25) is 0 Å². The van der Waals surface area contributed by atoms with Crippen molar-refractivity contribution < 1.29 is 15.6 Å². The number of rotatable bonds is 12. The average Bonchev–Trinajstić information content (AvgIpc) is 3.24. The molecule has 1 saturated heterocycles. The van der Waals surface area contributed by atoms with Crippen molar-refractivity contribution in [3.63, 3.8) is 0 Å². The molecule has 51 heavy (non-hydrogen) atoms. The van der Waals surface area contributed by atoms with Crippen molar-refractivity contribution in [3.8, 4) is 0 Å². The first-order valence-corrected chi connectivity index (χ1v) is 30.8. The van der Waals surface area contributed by atoms with Crippen molar-refractivity contribution >= 4 is 79.3 Å². The quantitative estimate of drug-likeness (QED) is 0.131. The maximum atomic E-state index is 4.20. The number of hydrogen-bond donors (Lipinski definition) is 0. The summed E-state index contributed by atoms with van der Waals surface area (Å²) in [7, 11) is -3.17. The van der Waals surface area contributed by atoms with Gasteiger partial charge in [-0.1, -0.05) is 196 Å². The average molecular weight is 819 g/mol. The Hall–Kier alpha value is -0.362. The van der Waals surface area contributed by atoms with Crippen molar-refractivity contribution in [2.75, 3.05) is 0 Å². The van der Waals surface area contributed by atoms with Crippen molar-refractivity contribution in [1.29, 1.82) is 0 Å². The van der Waals surface area contributed by atoms with E-state index in [4.69, 9.17) is 0 Å². The van der Waals surface area contributed by atoms with Gasteiger partial charge in [-0.2, -0.15) is 0 Å². The zero-order valence-corrected chi connectivity index (χ0v) is 40.8. The molecule has 1 aliphatic rings. The molecular weight excluding hydrogens is 748 g/mol. The summed E-state index contributed by atoms with van der Waals surface area (Å²) in [4.78, 5) is 0. The summed E-state index contributed by atoms with van der Waals surface area (Å²) in [5.74, 6) is 0. The Bertz CT molecular complexity index is 1410. The fraction of sp³-hybridized carbons (Fsp3) is 0.571. The van der Waals surface area contributed by atoms with Crippen LogP contribution in [0.1, 0.15) is 83.1 Å². The summed E-state index contributed by atoms with van der Waals surface area (Å²) in [5.41, 5.74) is 8.51. The van der Waals surface area contributed by atoms with Gasteiger partial charge in [-0.15, -0.1) is 0 Å². The van der Waals surface area contributed by atoms with Gasteiger partial charge in [-0.05, 0) is 40.7 Å². The second-order valence-corrected chi connectivity index (χ2v) is 37.3. The van der Waals surface area contributed by atoms with Gasteiger partial charge in [0.25, 0.3) is 0 Å². The van der Waals surface area contributed by atoms with Gasteiger partial charge in [0.05, 0.1) is 0 Å². The molecule has 3 aromatic carbocycles. The number of hydrogen-bond acceptors (Lipinski definition) is 1. The molecule has 1 radical (unpaired) electrons. The zero-order chi connectivity index (χ0) is 38.4. The fourth-order valence-corrected chi connectivity index (χ4v) is 32.6. The van der Waals surface area contributed by atoms with E-state index in [0.717, 1.165) is 0 Å². The first-order chi connectivity index (χ1) is 23.8. The Morgan fingerprint density at radius 3 is 0.922 bits per heavy atom. The van der Waals surface area contributed by atoms with Crippen LogP contribution < -0.4 is 32.3 Å². The molecule has 0 atom stereocenters. The van der Waals surface area contributed by atoms with Crippen LogP contribution in [0.4, 0.5) is 0 Å². The van der Waals surface area contributed by atoms with Crippen LogP contribution in [0.2, 0.25) is 38.3 Å². The van der Waals surface area contributed by atoms with E-state index in [0.29, 0.717) is 34.0 Å². The van der Waals surface area contributed by atoms with Crippen LogP contribution >= 0.6 is 23.8 Å². The van der Waals surface area contributed by atoms with Gasteiger partial charge in [0.1, 0.15) is 0 Å². The number of benzene rings is 3. The molecule has 282 valence electrons. The van der Waals surface area contributed by atoms with E-state index in [1.54, 1.807) is 32.3 Å². The molecule has 0 amide bonds. The predicted octanol–water partition coefficient (Wildman–Crippen LogP) is 10.4. The SMILES string of the molecule is CC(C)P(c1ccccc1[B-](c1ccccc1P(C(C)C)C(C)C)c1ccccc1P(C(C)C)C(C)C)C(C)C.C[Si]1(C)CC[Si](C)(C)N1[N+]#[Fe]. The molecular formula is C42H70BFeN2P3Si2. The summed E-state index contributed by atoms with van der Waals surface area (Å²) in [6, 6.07) is 31.4. The van der Waals surface area contributed by atoms with E-state index in [9.17, 15) is 0 Å². The van der Waals surface area contributed by atoms with Gasteiger partial charge in [-0.25, -0.2) is 16.4 Å². The first-order valence-electron chi connectivity index (χ1n) is 19.5. The predicted molar refractivity (Wildman–Crippen MR) is 244 cm³/mol. The standard InChI is InChI=1S/C36H54BP3.C6H16N2Si2.Fe/c1-25(2)38(26(3)4)34-22-16-13-19-31(34)37(32-20-14-17-23-35(32)39(27(5)6)28(7)8)33-21-15-18-24-36(33)40(29(9)10)30(11)12;1-9(2)5-6-10(3,4)8(9)7;/h13-30H,1-12H3;5-6H2,1-4H3;/q-1;+1;. The fourth-order valence-electron chi connectivity index (χ4n) is 8.70. The van der Waals surface area contributed by atoms with Crippen molar-refractivity contribution in [3.05, 3.63) is 76.7 Å². The number of nitrogens with zero attached hydrogens (tertiary/aromatic N) is 2. The zero-order valence-electron chi connectivity index (χ0n) is 35.0. The Labute approximate surface area is 329 Å². The minimum absolute atomic E-state index is 0.246. The minimum atomic E-state index is -1.14. The molecule has 0 aromatic heterocycles. The molecule has 0 spiro atoms. The van der Waals surface area contributed by atoms with Gasteiger partial charge >= 0.3 is 78.6 Å². The third-order valence-electron chi connectivity index (χ3n) is 10.5. The molecule has 1 fully saturated rings. The van der Waals surface area contributed by atoms with Crippen LogP contribution in [0.25, 0.3) is 3.89 Å². The van der Waals surface area contributed by atoms with Crippen LogP contribution in [0.3, 0.4) is 0 Å². The molecule has 9 heteroatoms. The van der Waals surface area contributed by atoms with Crippen molar-refractivity contribution in [2.45, 2.75) is 155 Å². The van der Waals surface area contributed by atoms with Crippen LogP contribution in [-0.2, 0) is 15.6 Å². The molecule has 3 aromatic rings. The van der Waals surface area contributed by atoms with Gasteiger partial charge in [0, 0.05) is 0 Å². The monoisotopic (exact) mass is 818 g/mol. The topological polar surface area (TPSA) is 7.60 Å². The van der Waals surface area contributed by atoms with E-state index >= 15 is 0 Å². The molecule has 1 aliphatic heterocycles. The molecule has 0 saturated carbocycles. The third-order valence-corrected chi connectivity index (χ3v) is 30.2. The molecule has 0 aliphatic carbocycles. The molecule has 1 heterocycles. The molecule has 0 unspecified atom stereocenters. The van der Waals surface area contributed by atoms with Crippen LogP contribution in [0.15, 0.2) is 72.8 Å². The second kappa shape index (κ2) is 19.5. The van der Waals surface area contributed by atoms with Crippen LogP contribution in [-0.4, -0.2) is 61.5 Å². The Morgan fingerprint density at radius 2 is 0.725 bits per heavy atom. The van der Waals surface area contributed by atoms with E-state index in [1.807, 2.05) is 0 Å². The Balaban J connectivity index is 0.000000542. The molecule has 0 N–H and O–H groups in total. The van der Waals surface area contributed by atoms with E-state index < -0.39 is 16.5 Å². The first kappa shape index (κ1) is 45.0. The Morgan fingerprint density at radius 1 is 0.490 bits per heavy atom. The maximum absolute atomic E-state index is 4.20.